The summed E-state index contributed by atoms with van der Waals surface area (Å²) >= 11 is 0. The Bertz CT molecular complexity index is 173. The lowest BCUT2D eigenvalue weighted by Crippen LogP contribution is -2.19. The standard InChI is InChI=1S/C8H10O/c9-7-3-4-1-5-6(2-4)8(5)7/h4-6,8H,1-3H2/t4?,5-,6+,8?. The van der Waals surface area contributed by atoms with E-state index in [1.54, 1.807) is 0 Å². The molecule has 4 aliphatic rings. The van der Waals surface area contributed by atoms with Gasteiger partial charge in [-0.15, -0.1) is 0 Å². The number of carbonyl (C=O) groups is 1. The Labute approximate surface area is 54.4 Å². The number of hydrogen-bond acceptors (Lipinski definition) is 1. The molecule has 1 nitrogen and oxygen atoms in total. The fourth-order valence-electron chi connectivity index (χ4n) is 3.02. The van der Waals surface area contributed by atoms with Crippen molar-refractivity contribution >= 4 is 5.78 Å². The monoisotopic (exact) mass is 122 g/mol. The zero-order chi connectivity index (χ0) is 6.01. The molecule has 4 aliphatic carbocycles. The van der Waals surface area contributed by atoms with Crippen LogP contribution in [0.4, 0.5) is 0 Å². The van der Waals surface area contributed by atoms with Crippen LogP contribution in [0.2, 0.25) is 0 Å². The lowest BCUT2D eigenvalue weighted by Gasteiger charge is -2.19. The molecule has 1 heteroatoms. The summed E-state index contributed by atoms with van der Waals surface area (Å²) in [6.07, 6.45) is 3.71. The van der Waals surface area contributed by atoms with Crippen LogP contribution in [0.5, 0.6) is 0 Å². The van der Waals surface area contributed by atoms with Gasteiger partial charge in [0.15, 0.2) is 0 Å². The summed E-state index contributed by atoms with van der Waals surface area (Å²) in [6.45, 7) is 0. The minimum Gasteiger partial charge on any atom is -0.299 e. The lowest BCUT2D eigenvalue weighted by molar-refractivity contribution is -0.124. The second-order valence-corrected chi connectivity index (χ2v) is 3.86. The van der Waals surface area contributed by atoms with Gasteiger partial charge in [-0.1, -0.05) is 0 Å². The van der Waals surface area contributed by atoms with Gasteiger partial charge in [0.25, 0.3) is 0 Å². The predicted molar refractivity (Wildman–Crippen MR) is 32.8 cm³/mol. The van der Waals surface area contributed by atoms with E-state index in [0.717, 1.165) is 24.2 Å². The molecule has 0 spiro atoms. The van der Waals surface area contributed by atoms with Crippen molar-refractivity contribution in [1.29, 1.82) is 0 Å². The van der Waals surface area contributed by atoms with Crippen molar-refractivity contribution in [3.05, 3.63) is 0 Å². The Morgan fingerprint density at radius 3 is 2.22 bits per heavy atom. The minimum absolute atomic E-state index is 0.565. The van der Waals surface area contributed by atoms with Crippen molar-refractivity contribution in [2.45, 2.75) is 19.3 Å². The molecule has 0 aromatic rings. The molecular formula is C8H10O. The van der Waals surface area contributed by atoms with Crippen LogP contribution < -0.4 is 0 Å². The van der Waals surface area contributed by atoms with Crippen LogP contribution in [0, 0.1) is 23.7 Å². The van der Waals surface area contributed by atoms with E-state index in [2.05, 4.69) is 0 Å². The zero-order valence-electron chi connectivity index (χ0n) is 5.34. The van der Waals surface area contributed by atoms with Gasteiger partial charge in [0.05, 0.1) is 0 Å². The van der Waals surface area contributed by atoms with Gasteiger partial charge in [-0.25, -0.2) is 0 Å². The molecule has 4 saturated carbocycles. The van der Waals surface area contributed by atoms with Crippen LogP contribution in [0.15, 0.2) is 0 Å². The highest BCUT2D eigenvalue weighted by Crippen LogP contribution is 2.64. The van der Waals surface area contributed by atoms with Gasteiger partial charge in [0.1, 0.15) is 5.78 Å². The van der Waals surface area contributed by atoms with Crippen LogP contribution in [-0.4, -0.2) is 5.78 Å². The SMILES string of the molecule is O=C1CC2C[C@@H]3C1[C@@H]3C2. The first-order valence-corrected chi connectivity index (χ1v) is 3.89. The van der Waals surface area contributed by atoms with Gasteiger partial charge in [-0.2, -0.15) is 0 Å². The molecule has 2 unspecified atom stereocenters. The van der Waals surface area contributed by atoms with E-state index in [4.69, 9.17) is 0 Å². The molecule has 0 aliphatic heterocycles. The Morgan fingerprint density at radius 1 is 1.22 bits per heavy atom. The van der Waals surface area contributed by atoms with Crippen molar-refractivity contribution in [1.82, 2.24) is 0 Å². The molecule has 4 atom stereocenters. The van der Waals surface area contributed by atoms with Crippen LogP contribution in [0.1, 0.15) is 19.3 Å². The van der Waals surface area contributed by atoms with E-state index in [1.165, 1.54) is 12.8 Å². The van der Waals surface area contributed by atoms with Crippen molar-refractivity contribution in [3.63, 3.8) is 0 Å². The fourth-order valence-corrected chi connectivity index (χ4v) is 3.02. The number of hydrogen-bond donors (Lipinski definition) is 0. The summed E-state index contributed by atoms with van der Waals surface area (Å²) in [7, 11) is 0. The van der Waals surface area contributed by atoms with Crippen LogP contribution >= 0.6 is 0 Å². The maximum absolute atomic E-state index is 11.1. The topological polar surface area (TPSA) is 17.1 Å². The zero-order valence-corrected chi connectivity index (χ0v) is 5.34. The third-order valence-electron chi connectivity index (χ3n) is 3.40. The number of Topliss-reactive ketones (excluding diaryl/α,β-unsaturated/α-hetero) is 1. The molecule has 48 valence electrons. The summed E-state index contributed by atoms with van der Waals surface area (Å²) in [4.78, 5) is 11.1. The van der Waals surface area contributed by atoms with Crippen molar-refractivity contribution in [2.75, 3.05) is 0 Å². The van der Waals surface area contributed by atoms with E-state index in [0.29, 0.717) is 11.7 Å². The fraction of sp³-hybridized carbons (Fsp3) is 0.875. The summed E-state index contributed by atoms with van der Waals surface area (Å²) in [6, 6.07) is 0. The molecule has 4 rings (SSSR count). The van der Waals surface area contributed by atoms with E-state index in [-0.39, 0.29) is 0 Å². The molecule has 0 radical (unpaired) electrons. The second kappa shape index (κ2) is 1.09. The van der Waals surface area contributed by atoms with Crippen molar-refractivity contribution in [2.24, 2.45) is 23.7 Å². The largest absolute Gasteiger partial charge is 0.299 e. The van der Waals surface area contributed by atoms with Gasteiger partial charge in [0.2, 0.25) is 0 Å². The van der Waals surface area contributed by atoms with E-state index < -0.39 is 0 Å². The van der Waals surface area contributed by atoms with Crippen molar-refractivity contribution < 1.29 is 4.79 Å². The van der Waals surface area contributed by atoms with Gasteiger partial charge in [-0.3, -0.25) is 4.79 Å². The van der Waals surface area contributed by atoms with Gasteiger partial charge in [-0.05, 0) is 30.6 Å². The summed E-state index contributed by atoms with van der Waals surface area (Å²) in [5, 5.41) is 0. The quantitative estimate of drug-likeness (QED) is 0.472. The summed E-state index contributed by atoms with van der Waals surface area (Å²) in [5.74, 6) is 3.72. The predicted octanol–water partition coefficient (Wildman–Crippen LogP) is 1.23. The smallest absolute Gasteiger partial charge is 0.136 e. The van der Waals surface area contributed by atoms with Crippen LogP contribution in [0.3, 0.4) is 0 Å². The van der Waals surface area contributed by atoms with E-state index >= 15 is 0 Å². The highest BCUT2D eigenvalue weighted by atomic mass is 16.1. The number of fused-ring (bicyclic) bond motifs is 1. The Morgan fingerprint density at radius 2 is 1.89 bits per heavy atom. The van der Waals surface area contributed by atoms with Gasteiger partial charge in [0, 0.05) is 12.3 Å². The number of ketones is 1. The maximum Gasteiger partial charge on any atom is 0.136 e. The summed E-state index contributed by atoms with van der Waals surface area (Å²) < 4.78 is 0. The molecule has 0 amide bonds. The first-order chi connectivity index (χ1) is 4.36. The highest BCUT2D eigenvalue weighted by Gasteiger charge is 2.62. The molecular weight excluding hydrogens is 112 g/mol. The normalized spacial score (nSPS) is 60.2. The first kappa shape index (κ1) is 4.48. The van der Waals surface area contributed by atoms with Gasteiger partial charge >= 0.3 is 0 Å². The third kappa shape index (κ3) is 0.374. The molecule has 4 fully saturated rings. The molecule has 9 heavy (non-hydrogen) atoms. The molecule has 0 heterocycles. The Kier molecular flexibility index (Phi) is 0.544. The molecule has 0 N–H and O–H groups in total. The minimum atomic E-state index is 0.565. The van der Waals surface area contributed by atoms with Crippen molar-refractivity contribution in [3.8, 4) is 0 Å². The average Bonchev–Trinajstić information content (AvgIpc) is 2.37. The molecule has 0 saturated heterocycles. The molecule has 4 bridgehead atoms. The van der Waals surface area contributed by atoms with Crippen LogP contribution in [-0.2, 0) is 4.79 Å². The highest BCUT2D eigenvalue weighted by molar-refractivity contribution is 5.86. The second-order valence-electron chi connectivity index (χ2n) is 3.86. The Hall–Kier alpha value is -0.330. The van der Waals surface area contributed by atoms with Crippen LogP contribution in [0.25, 0.3) is 0 Å². The van der Waals surface area contributed by atoms with E-state index in [9.17, 15) is 4.79 Å². The Balaban J connectivity index is 2.03. The average molecular weight is 122 g/mol. The summed E-state index contributed by atoms with van der Waals surface area (Å²) in [5.41, 5.74) is 0. The maximum atomic E-state index is 11.1. The molecule has 0 aromatic heterocycles. The molecule has 0 aromatic carbocycles. The lowest BCUT2D eigenvalue weighted by atomic mass is 9.85. The van der Waals surface area contributed by atoms with E-state index in [1.807, 2.05) is 0 Å². The third-order valence-corrected chi connectivity index (χ3v) is 3.40. The van der Waals surface area contributed by atoms with Gasteiger partial charge < -0.3 is 0 Å². The first-order valence-electron chi connectivity index (χ1n) is 3.89. The number of rotatable bonds is 0. The number of carbonyl (C=O) groups excluding carboxylic acids is 1.